The Bertz CT molecular complexity index is 1070. The van der Waals surface area contributed by atoms with Gasteiger partial charge in [0.15, 0.2) is 0 Å². The lowest BCUT2D eigenvalue weighted by molar-refractivity contribution is -0.155. The molecular formula is C30H39N3O3. The van der Waals surface area contributed by atoms with Crippen molar-refractivity contribution in [2.45, 2.75) is 63.8 Å². The van der Waals surface area contributed by atoms with Gasteiger partial charge in [-0.1, -0.05) is 60.7 Å². The fourth-order valence-corrected chi connectivity index (χ4v) is 6.87. The number of esters is 1. The molecule has 1 aliphatic carbocycles. The zero-order valence-electron chi connectivity index (χ0n) is 21.7. The standard InChI is InChI=1S/C30H39N3O3/c1-29(2,3)36-26(34)14-15-33-20-24-17-23-19-32-30(24,28(35)31-18-22-12-8-5-9-13-22)27(33)25(23)16-21-10-6-4-7-11-21/h4-13,23-25,27,32H,14-20H2,1-3H3,(H,31,35). The topological polar surface area (TPSA) is 70.7 Å². The number of nitrogens with zero attached hydrogens (tertiary/aromatic N) is 1. The van der Waals surface area contributed by atoms with Gasteiger partial charge in [0.1, 0.15) is 11.1 Å². The van der Waals surface area contributed by atoms with Crippen LogP contribution in [0.25, 0.3) is 0 Å². The van der Waals surface area contributed by atoms with E-state index in [1.165, 1.54) is 5.56 Å². The van der Waals surface area contributed by atoms with Crippen LogP contribution in [0.3, 0.4) is 0 Å². The maximum atomic E-state index is 14.0. The second-order valence-electron chi connectivity index (χ2n) is 11.7. The summed E-state index contributed by atoms with van der Waals surface area (Å²) in [5, 5.41) is 7.00. The van der Waals surface area contributed by atoms with Gasteiger partial charge in [0.05, 0.1) is 6.42 Å². The summed E-state index contributed by atoms with van der Waals surface area (Å²) >= 11 is 0. The van der Waals surface area contributed by atoms with E-state index in [4.69, 9.17) is 4.74 Å². The van der Waals surface area contributed by atoms with E-state index in [2.05, 4.69) is 45.9 Å². The lowest BCUT2D eigenvalue weighted by atomic mass is 9.58. The number of hydrogen-bond acceptors (Lipinski definition) is 5. The van der Waals surface area contributed by atoms with Crippen LogP contribution in [0.2, 0.25) is 0 Å². The van der Waals surface area contributed by atoms with Crippen LogP contribution in [0.1, 0.15) is 44.7 Å². The Balaban J connectivity index is 1.39. The Morgan fingerprint density at radius 3 is 2.39 bits per heavy atom. The van der Waals surface area contributed by atoms with Crippen molar-refractivity contribution in [1.29, 1.82) is 0 Å². The normalized spacial score (nSPS) is 29.2. The minimum atomic E-state index is -0.628. The SMILES string of the molecule is CC(C)(C)OC(=O)CCN1CC2CC3CNC2(C(=O)NCc2ccccc2)C1C3Cc1ccccc1. The van der Waals surface area contributed by atoms with E-state index < -0.39 is 11.1 Å². The second-order valence-corrected chi connectivity index (χ2v) is 11.7. The smallest absolute Gasteiger partial charge is 0.307 e. The maximum absolute atomic E-state index is 14.0. The summed E-state index contributed by atoms with van der Waals surface area (Å²) in [6, 6.07) is 20.7. The zero-order chi connectivity index (χ0) is 25.3. The molecule has 3 heterocycles. The molecule has 0 aromatic heterocycles. The molecular weight excluding hydrogens is 450 g/mol. The van der Waals surface area contributed by atoms with Crippen molar-refractivity contribution >= 4 is 11.9 Å². The first-order valence-electron chi connectivity index (χ1n) is 13.3. The third kappa shape index (κ3) is 4.94. The lowest BCUT2D eigenvalue weighted by Gasteiger charge is -2.56. The van der Waals surface area contributed by atoms with Gasteiger partial charge in [0.2, 0.25) is 5.91 Å². The molecule has 5 unspecified atom stereocenters. The van der Waals surface area contributed by atoms with Crippen molar-refractivity contribution in [3.05, 3.63) is 71.8 Å². The average molecular weight is 490 g/mol. The van der Waals surface area contributed by atoms with Crippen LogP contribution in [0.15, 0.2) is 60.7 Å². The molecule has 3 saturated heterocycles. The van der Waals surface area contributed by atoms with Gasteiger partial charge in [-0.25, -0.2) is 0 Å². The highest BCUT2D eigenvalue weighted by Gasteiger charge is 2.67. The average Bonchev–Trinajstić information content (AvgIpc) is 3.12. The molecule has 3 aliphatic heterocycles. The van der Waals surface area contributed by atoms with Crippen molar-refractivity contribution in [2.75, 3.05) is 19.6 Å². The molecule has 4 bridgehead atoms. The summed E-state index contributed by atoms with van der Waals surface area (Å²) in [6.45, 7) is 8.54. The third-order valence-electron chi connectivity index (χ3n) is 8.22. The highest BCUT2D eigenvalue weighted by atomic mass is 16.6. The van der Waals surface area contributed by atoms with E-state index in [0.717, 1.165) is 31.5 Å². The monoisotopic (exact) mass is 489 g/mol. The van der Waals surface area contributed by atoms with Gasteiger partial charge in [-0.2, -0.15) is 0 Å². The molecule has 36 heavy (non-hydrogen) atoms. The molecule has 1 saturated carbocycles. The van der Waals surface area contributed by atoms with Gasteiger partial charge in [-0.05, 0) is 63.1 Å². The first-order chi connectivity index (χ1) is 17.3. The van der Waals surface area contributed by atoms with E-state index in [-0.39, 0.29) is 23.8 Å². The van der Waals surface area contributed by atoms with Crippen LogP contribution in [0, 0.1) is 17.8 Å². The molecule has 2 N–H and O–H groups in total. The number of hydrogen-bond donors (Lipinski definition) is 2. The number of piperidine rings is 2. The highest BCUT2D eigenvalue weighted by Crippen LogP contribution is 2.53. The van der Waals surface area contributed by atoms with Crippen molar-refractivity contribution in [1.82, 2.24) is 15.5 Å². The summed E-state index contributed by atoms with van der Waals surface area (Å²) in [5.41, 5.74) is 1.29. The number of fused-ring (bicyclic) bond motifs is 1. The molecule has 2 aromatic carbocycles. The molecule has 0 spiro atoms. The molecule has 192 valence electrons. The van der Waals surface area contributed by atoms with Gasteiger partial charge in [0.25, 0.3) is 0 Å². The fraction of sp³-hybridized carbons (Fsp3) is 0.533. The summed E-state index contributed by atoms with van der Waals surface area (Å²) in [6.07, 6.45) is 2.33. The fourth-order valence-electron chi connectivity index (χ4n) is 6.87. The van der Waals surface area contributed by atoms with E-state index in [9.17, 15) is 9.59 Å². The number of benzene rings is 2. The zero-order valence-corrected chi connectivity index (χ0v) is 21.7. The van der Waals surface area contributed by atoms with Crippen LogP contribution < -0.4 is 10.6 Å². The minimum absolute atomic E-state index is 0.0495. The predicted molar refractivity (Wildman–Crippen MR) is 140 cm³/mol. The minimum Gasteiger partial charge on any atom is -0.460 e. The number of carbonyl (C=O) groups is 2. The van der Waals surface area contributed by atoms with Crippen LogP contribution >= 0.6 is 0 Å². The number of carbonyl (C=O) groups excluding carboxylic acids is 2. The van der Waals surface area contributed by atoms with Gasteiger partial charge in [0, 0.05) is 31.6 Å². The highest BCUT2D eigenvalue weighted by molar-refractivity contribution is 5.89. The Kier molecular flexibility index (Phi) is 6.92. The van der Waals surface area contributed by atoms with Gasteiger partial charge in [-0.3, -0.25) is 14.5 Å². The second kappa shape index (κ2) is 9.98. The summed E-state index contributed by atoms with van der Waals surface area (Å²) in [5.74, 6) is 1.04. The molecule has 6 rings (SSSR count). The first kappa shape index (κ1) is 25.0. The maximum Gasteiger partial charge on any atom is 0.307 e. The van der Waals surface area contributed by atoms with Crippen molar-refractivity contribution < 1.29 is 14.3 Å². The quantitative estimate of drug-likeness (QED) is 0.555. The van der Waals surface area contributed by atoms with Crippen LogP contribution in [0.5, 0.6) is 0 Å². The van der Waals surface area contributed by atoms with Crippen LogP contribution in [0.4, 0.5) is 0 Å². The van der Waals surface area contributed by atoms with E-state index >= 15 is 0 Å². The number of ether oxygens (including phenoxy) is 1. The predicted octanol–water partition coefficient (Wildman–Crippen LogP) is 3.56. The Morgan fingerprint density at radius 1 is 1.06 bits per heavy atom. The van der Waals surface area contributed by atoms with Crippen molar-refractivity contribution in [3.63, 3.8) is 0 Å². The molecule has 2 aromatic rings. The number of rotatable bonds is 8. The molecule has 6 nitrogen and oxygen atoms in total. The van der Waals surface area contributed by atoms with Crippen molar-refractivity contribution in [2.24, 2.45) is 17.8 Å². The lowest BCUT2D eigenvalue weighted by Crippen LogP contribution is -2.76. The van der Waals surface area contributed by atoms with Crippen LogP contribution in [-0.4, -0.2) is 53.6 Å². The van der Waals surface area contributed by atoms with Crippen molar-refractivity contribution in [3.8, 4) is 0 Å². The largest absolute Gasteiger partial charge is 0.460 e. The number of likely N-dealkylation sites (tertiary alicyclic amines) is 1. The Hall–Kier alpha value is -2.70. The first-order valence-corrected chi connectivity index (χ1v) is 13.3. The van der Waals surface area contributed by atoms with E-state index in [0.29, 0.717) is 31.3 Å². The summed E-state index contributed by atoms with van der Waals surface area (Å²) < 4.78 is 5.59. The summed E-state index contributed by atoms with van der Waals surface area (Å²) in [7, 11) is 0. The molecule has 5 atom stereocenters. The molecule has 4 fully saturated rings. The Morgan fingerprint density at radius 2 is 1.72 bits per heavy atom. The van der Waals surface area contributed by atoms with Crippen LogP contribution in [-0.2, 0) is 27.3 Å². The molecule has 4 aliphatic rings. The molecule has 1 amide bonds. The third-order valence-corrected chi connectivity index (χ3v) is 8.22. The molecule has 6 heteroatoms. The van der Waals surface area contributed by atoms with E-state index in [1.54, 1.807) is 0 Å². The van der Waals surface area contributed by atoms with Gasteiger partial charge < -0.3 is 15.4 Å². The summed E-state index contributed by atoms with van der Waals surface area (Å²) in [4.78, 5) is 29.0. The Labute approximate surface area is 214 Å². The number of amides is 1. The van der Waals surface area contributed by atoms with Gasteiger partial charge in [-0.15, -0.1) is 0 Å². The van der Waals surface area contributed by atoms with Gasteiger partial charge >= 0.3 is 5.97 Å². The number of nitrogens with one attached hydrogen (secondary N) is 2. The molecule has 0 radical (unpaired) electrons. The van der Waals surface area contributed by atoms with E-state index in [1.807, 2.05) is 51.1 Å².